The molecule has 76 valence electrons. The second-order valence-corrected chi connectivity index (χ2v) is 3.53. The first-order valence-electron chi connectivity index (χ1n) is 4.56. The van der Waals surface area contributed by atoms with Crippen molar-refractivity contribution in [3.8, 4) is 0 Å². The van der Waals surface area contributed by atoms with E-state index in [1.54, 1.807) is 0 Å². The molecule has 1 saturated carbocycles. The highest BCUT2D eigenvalue weighted by atomic mass is 16.2. The Morgan fingerprint density at radius 2 is 2.14 bits per heavy atom. The lowest BCUT2D eigenvalue weighted by Crippen LogP contribution is -2.42. The van der Waals surface area contributed by atoms with Crippen LogP contribution in [-0.4, -0.2) is 30.4 Å². The third kappa shape index (κ3) is 1.84. The van der Waals surface area contributed by atoms with E-state index in [0.717, 1.165) is 12.8 Å². The van der Waals surface area contributed by atoms with Crippen LogP contribution in [0.3, 0.4) is 0 Å². The van der Waals surface area contributed by atoms with Gasteiger partial charge in [-0.25, -0.2) is 4.79 Å². The van der Waals surface area contributed by atoms with E-state index >= 15 is 0 Å². The zero-order chi connectivity index (χ0) is 10.1. The lowest BCUT2D eigenvalue weighted by Gasteiger charge is -2.07. The molecule has 0 aromatic rings. The first-order chi connectivity index (χ1) is 6.66. The van der Waals surface area contributed by atoms with E-state index in [0.29, 0.717) is 0 Å². The molecule has 4 amide bonds. The van der Waals surface area contributed by atoms with Gasteiger partial charge in [0.15, 0.2) is 0 Å². The van der Waals surface area contributed by atoms with Gasteiger partial charge in [-0.15, -0.1) is 0 Å². The second-order valence-electron chi connectivity index (χ2n) is 3.53. The number of carbonyl (C=O) groups excluding carboxylic acids is 3. The van der Waals surface area contributed by atoms with Gasteiger partial charge in [0, 0.05) is 12.5 Å². The van der Waals surface area contributed by atoms with Gasteiger partial charge >= 0.3 is 6.03 Å². The maximum absolute atomic E-state index is 11.2. The fraction of sp³-hybridized carbons (Fsp3) is 0.625. The van der Waals surface area contributed by atoms with Gasteiger partial charge in [0.2, 0.25) is 5.91 Å². The summed E-state index contributed by atoms with van der Waals surface area (Å²) in [6.07, 6.45) is 1.85. The summed E-state index contributed by atoms with van der Waals surface area (Å²) in [6.45, 7) is 0.174. The zero-order valence-electron chi connectivity index (χ0n) is 7.50. The Kier molecular flexibility index (Phi) is 2.11. The normalized spacial score (nSPS) is 25.6. The molecule has 0 aromatic heterocycles. The molecule has 0 spiro atoms. The standard InChI is InChI=1S/C8H11N3O3/c12-6(4-1-2-4)9-3-5-7(13)11-8(14)10-5/h4-5H,1-3H2,(H,9,12)(H2,10,11,13,14). The van der Waals surface area contributed by atoms with Crippen molar-refractivity contribution in [2.75, 3.05) is 6.54 Å². The van der Waals surface area contributed by atoms with Crippen molar-refractivity contribution in [1.82, 2.24) is 16.0 Å². The van der Waals surface area contributed by atoms with E-state index in [1.807, 2.05) is 0 Å². The molecule has 2 fully saturated rings. The van der Waals surface area contributed by atoms with Crippen molar-refractivity contribution in [2.45, 2.75) is 18.9 Å². The number of hydrogen-bond acceptors (Lipinski definition) is 3. The Morgan fingerprint density at radius 3 is 2.64 bits per heavy atom. The molecule has 1 aliphatic heterocycles. The fourth-order valence-corrected chi connectivity index (χ4v) is 1.30. The van der Waals surface area contributed by atoms with Crippen molar-refractivity contribution in [2.24, 2.45) is 5.92 Å². The lowest BCUT2D eigenvalue weighted by molar-refractivity contribution is -0.123. The molecule has 0 radical (unpaired) electrons. The van der Waals surface area contributed by atoms with Crippen molar-refractivity contribution in [3.05, 3.63) is 0 Å². The van der Waals surface area contributed by atoms with Gasteiger partial charge in [-0.2, -0.15) is 0 Å². The van der Waals surface area contributed by atoms with E-state index in [4.69, 9.17) is 0 Å². The van der Waals surface area contributed by atoms with Crippen LogP contribution < -0.4 is 16.0 Å². The summed E-state index contributed by atoms with van der Waals surface area (Å²) in [5.41, 5.74) is 0. The molecule has 0 aromatic carbocycles. The number of carbonyl (C=O) groups is 3. The van der Waals surface area contributed by atoms with Crippen molar-refractivity contribution < 1.29 is 14.4 Å². The minimum Gasteiger partial charge on any atom is -0.353 e. The Labute approximate surface area is 80.4 Å². The van der Waals surface area contributed by atoms with Gasteiger partial charge in [-0.3, -0.25) is 14.9 Å². The lowest BCUT2D eigenvalue weighted by atomic mass is 10.3. The molecular formula is C8H11N3O3. The summed E-state index contributed by atoms with van der Waals surface area (Å²) in [7, 11) is 0. The van der Waals surface area contributed by atoms with E-state index in [-0.39, 0.29) is 24.3 Å². The molecule has 0 bridgehead atoms. The summed E-state index contributed by atoms with van der Waals surface area (Å²) in [4.78, 5) is 32.9. The van der Waals surface area contributed by atoms with Crippen molar-refractivity contribution >= 4 is 17.8 Å². The first kappa shape index (κ1) is 8.98. The predicted octanol–water partition coefficient (Wildman–Crippen LogP) is -1.28. The molecule has 6 nitrogen and oxygen atoms in total. The topological polar surface area (TPSA) is 87.3 Å². The molecule has 1 aliphatic carbocycles. The maximum Gasteiger partial charge on any atom is 0.322 e. The maximum atomic E-state index is 11.2. The van der Waals surface area contributed by atoms with Crippen molar-refractivity contribution in [3.63, 3.8) is 0 Å². The predicted molar refractivity (Wildman–Crippen MR) is 46.2 cm³/mol. The number of imide groups is 1. The van der Waals surface area contributed by atoms with Crippen LogP contribution in [0.15, 0.2) is 0 Å². The second kappa shape index (κ2) is 3.28. The largest absolute Gasteiger partial charge is 0.353 e. The number of nitrogens with one attached hydrogen (secondary N) is 3. The van der Waals surface area contributed by atoms with Gasteiger partial charge in [0.25, 0.3) is 5.91 Å². The van der Waals surface area contributed by atoms with Crippen LogP contribution in [0.5, 0.6) is 0 Å². The summed E-state index contributed by atoms with van der Waals surface area (Å²) in [5, 5.41) is 7.12. The van der Waals surface area contributed by atoms with Crippen LogP contribution in [0.25, 0.3) is 0 Å². The molecule has 1 atom stereocenters. The minimum atomic E-state index is -0.620. The molecule has 2 aliphatic rings. The van der Waals surface area contributed by atoms with Gasteiger partial charge in [0.1, 0.15) is 6.04 Å². The Hall–Kier alpha value is -1.59. The molecule has 1 unspecified atom stereocenters. The molecule has 2 rings (SSSR count). The Balaban J connectivity index is 1.77. The van der Waals surface area contributed by atoms with Gasteiger partial charge < -0.3 is 10.6 Å². The van der Waals surface area contributed by atoms with Crippen LogP contribution in [0.4, 0.5) is 4.79 Å². The molecular weight excluding hydrogens is 186 g/mol. The van der Waals surface area contributed by atoms with Crippen LogP contribution in [-0.2, 0) is 9.59 Å². The summed E-state index contributed by atoms with van der Waals surface area (Å²) in [5.74, 6) is -0.291. The monoisotopic (exact) mass is 197 g/mol. The Morgan fingerprint density at radius 1 is 1.43 bits per heavy atom. The molecule has 1 heterocycles. The van der Waals surface area contributed by atoms with Crippen molar-refractivity contribution in [1.29, 1.82) is 0 Å². The molecule has 14 heavy (non-hydrogen) atoms. The summed E-state index contributed by atoms with van der Waals surface area (Å²) in [6, 6.07) is -1.12. The number of urea groups is 1. The number of amides is 4. The van der Waals surface area contributed by atoms with Crippen LogP contribution in [0.1, 0.15) is 12.8 Å². The summed E-state index contributed by atoms with van der Waals surface area (Å²) >= 11 is 0. The highest BCUT2D eigenvalue weighted by Crippen LogP contribution is 2.28. The van der Waals surface area contributed by atoms with Gasteiger partial charge in [-0.1, -0.05) is 0 Å². The SMILES string of the molecule is O=C1NC(=O)C(CNC(=O)C2CC2)N1. The highest BCUT2D eigenvalue weighted by molar-refractivity contribution is 6.04. The van der Waals surface area contributed by atoms with Gasteiger partial charge in [0.05, 0.1) is 0 Å². The van der Waals surface area contributed by atoms with Gasteiger partial charge in [-0.05, 0) is 12.8 Å². The van der Waals surface area contributed by atoms with Crippen LogP contribution >= 0.6 is 0 Å². The third-order valence-corrected chi connectivity index (χ3v) is 2.29. The molecule has 3 N–H and O–H groups in total. The van der Waals surface area contributed by atoms with E-state index in [9.17, 15) is 14.4 Å². The molecule has 1 saturated heterocycles. The van der Waals surface area contributed by atoms with E-state index in [1.165, 1.54) is 0 Å². The van der Waals surface area contributed by atoms with Crippen LogP contribution in [0, 0.1) is 5.92 Å². The first-order valence-corrected chi connectivity index (χ1v) is 4.56. The highest BCUT2D eigenvalue weighted by Gasteiger charge is 2.33. The van der Waals surface area contributed by atoms with E-state index in [2.05, 4.69) is 16.0 Å². The molecule has 6 heteroatoms. The average molecular weight is 197 g/mol. The average Bonchev–Trinajstić information content (AvgIpc) is 2.90. The smallest absolute Gasteiger partial charge is 0.322 e. The van der Waals surface area contributed by atoms with Crippen LogP contribution in [0.2, 0.25) is 0 Å². The zero-order valence-corrected chi connectivity index (χ0v) is 7.50. The Bertz CT molecular complexity index is 298. The minimum absolute atomic E-state index is 0.0288. The summed E-state index contributed by atoms with van der Waals surface area (Å²) < 4.78 is 0. The van der Waals surface area contributed by atoms with E-state index < -0.39 is 12.1 Å². The third-order valence-electron chi connectivity index (χ3n) is 2.29. The number of rotatable bonds is 3. The number of hydrogen-bond donors (Lipinski definition) is 3. The quantitative estimate of drug-likeness (QED) is 0.492. The fourth-order valence-electron chi connectivity index (χ4n) is 1.30.